The summed E-state index contributed by atoms with van der Waals surface area (Å²) in [5.74, 6) is 0.0605. The Bertz CT molecular complexity index is 617. The van der Waals surface area contributed by atoms with E-state index in [4.69, 9.17) is 0 Å². The van der Waals surface area contributed by atoms with E-state index in [9.17, 15) is 5.11 Å². The third-order valence-corrected chi connectivity index (χ3v) is 3.58. The van der Waals surface area contributed by atoms with Crippen LogP contribution >= 0.6 is 11.3 Å². The molecular weight excluding hydrogens is 258 g/mol. The Morgan fingerprint density at radius 2 is 1.65 bits per heavy atom. The molecule has 4 heteroatoms. The summed E-state index contributed by atoms with van der Waals surface area (Å²) in [7, 11) is 0. The van der Waals surface area contributed by atoms with E-state index >= 15 is 0 Å². The Labute approximate surface area is 133 Å². The first-order valence-electron chi connectivity index (χ1n) is 5.02. The molecule has 1 aromatic heterocycles. The van der Waals surface area contributed by atoms with Crippen LogP contribution in [0.3, 0.4) is 0 Å². The first-order chi connectivity index (χ1) is 7.84. The second kappa shape index (κ2) is 5.36. The SMILES string of the molecule is [Ca+2].[O-]c1ccccc1-c1[nH+]c2ccccc2s1. The second-order valence-electron chi connectivity index (χ2n) is 3.55. The van der Waals surface area contributed by atoms with Crippen LogP contribution in [0.2, 0.25) is 0 Å². The molecule has 0 aliphatic carbocycles. The largest absolute Gasteiger partial charge is 2.00 e. The average molecular weight is 267 g/mol. The molecule has 0 aliphatic heterocycles. The Balaban J connectivity index is 0.00000108. The molecule has 0 saturated heterocycles. The number of hydrogen-bond donors (Lipinski definition) is 0. The zero-order valence-corrected chi connectivity index (χ0v) is 12.2. The zero-order chi connectivity index (χ0) is 11.0. The third-order valence-electron chi connectivity index (χ3n) is 2.48. The van der Waals surface area contributed by atoms with Crippen LogP contribution in [-0.2, 0) is 0 Å². The van der Waals surface area contributed by atoms with E-state index in [-0.39, 0.29) is 43.5 Å². The number of fused-ring (bicyclic) bond motifs is 1. The fraction of sp³-hybridized carbons (Fsp3) is 0. The molecular formula is C13H9CaNOS+2. The summed E-state index contributed by atoms with van der Waals surface area (Å²) in [6.07, 6.45) is 0. The smallest absolute Gasteiger partial charge is 0.872 e. The summed E-state index contributed by atoms with van der Waals surface area (Å²) in [5, 5.41) is 12.6. The summed E-state index contributed by atoms with van der Waals surface area (Å²) in [5.41, 5.74) is 1.81. The Hall–Kier alpha value is -0.610. The maximum Gasteiger partial charge on any atom is 2.00 e. The number of H-pyrrole nitrogens is 1. The molecule has 0 aliphatic rings. The molecule has 78 valence electrons. The van der Waals surface area contributed by atoms with Gasteiger partial charge in [0.2, 0.25) is 5.52 Å². The fourth-order valence-electron chi connectivity index (χ4n) is 1.69. The molecule has 1 N–H and O–H groups in total. The summed E-state index contributed by atoms with van der Waals surface area (Å²) in [6, 6.07) is 15.1. The predicted molar refractivity (Wildman–Crippen MR) is 69.0 cm³/mol. The molecule has 0 atom stereocenters. The van der Waals surface area contributed by atoms with Gasteiger partial charge in [0, 0.05) is 11.6 Å². The molecule has 0 amide bonds. The van der Waals surface area contributed by atoms with Crippen molar-refractivity contribution in [3.05, 3.63) is 48.5 Å². The molecule has 0 spiro atoms. The van der Waals surface area contributed by atoms with Gasteiger partial charge in [-0.1, -0.05) is 47.4 Å². The van der Waals surface area contributed by atoms with Gasteiger partial charge in [0.05, 0.1) is 0 Å². The van der Waals surface area contributed by atoms with Crippen molar-refractivity contribution in [2.24, 2.45) is 0 Å². The molecule has 2 aromatic carbocycles. The van der Waals surface area contributed by atoms with Gasteiger partial charge in [0.15, 0.2) is 0 Å². The number of thiazole rings is 1. The van der Waals surface area contributed by atoms with Crippen molar-refractivity contribution >= 4 is 59.3 Å². The second-order valence-corrected chi connectivity index (χ2v) is 4.60. The Kier molecular flexibility index (Phi) is 4.05. The first kappa shape index (κ1) is 12.8. The molecule has 3 rings (SSSR count). The maximum atomic E-state index is 11.7. The summed E-state index contributed by atoms with van der Waals surface area (Å²) >= 11 is 1.61. The first-order valence-corrected chi connectivity index (χ1v) is 5.83. The van der Waals surface area contributed by atoms with Crippen LogP contribution in [0.4, 0.5) is 0 Å². The number of hydrogen-bond acceptors (Lipinski definition) is 2. The van der Waals surface area contributed by atoms with Crippen LogP contribution in [0.25, 0.3) is 20.8 Å². The van der Waals surface area contributed by atoms with Crippen molar-refractivity contribution in [2.75, 3.05) is 0 Å². The topological polar surface area (TPSA) is 37.2 Å². The van der Waals surface area contributed by atoms with Gasteiger partial charge in [-0.2, -0.15) is 4.98 Å². The monoisotopic (exact) mass is 267 g/mol. The van der Waals surface area contributed by atoms with Crippen LogP contribution < -0.4 is 10.1 Å². The number of aromatic nitrogens is 1. The van der Waals surface area contributed by atoms with Crippen LogP contribution in [0.5, 0.6) is 5.75 Å². The van der Waals surface area contributed by atoms with Gasteiger partial charge in [-0.15, -0.1) is 0 Å². The van der Waals surface area contributed by atoms with Crippen LogP contribution in [0, 0.1) is 0 Å². The molecule has 0 bridgehead atoms. The minimum absolute atomic E-state index is 0. The fourth-order valence-corrected chi connectivity index (χ4v) is 2.73. The molecule has 2 nitrogen and oxygen atoms in total. The van der Waals surface area contributed by atoms with Crippen LogP contribution in [-0.4, -0.2) is 37.7 Å². The predicted octanol–water partition coefficient (Wildman–Crippen LogP) is 2.08. The van der Waals surface area contributed by atoms with Crippen molar-refractivity contribution in [1.82, 2.24) is 0 Å². The van der Waals surface area contributed by atoms with Gasteiger partial charge in [0.1, 0.15) is 4.70 Å². The normalized spacial score (nSPS) is 10.1. The number of benzene rings is 2. The number of nitrogens with one attached hydrogen (secondary N) is 1. The van der Waals surface area contributed by atoms with Crippen molar-refractivity contribution in [2.45, 2.75) is 0 Å². The van der Waals surface area contributed by atoms with Crippen LogP contribution in [0.1, 0.15) is 0 Å². The molecule has 0 radical (unpaired) electrons. The summed E-state index contributed by atoms with van der Waals surface area (Å²) < 4.78 is 1.17. The van der Waals surface area contributed by atoms with Gasteiger partial charge in [-0.25, -0.2) is 0 Å². The van der Waals surface area contributed by atoms with E-state index in [0.717, 1.165) is 16.1 Å². The summed E-state index contributed by atoms with van der Waals surface area (Å²) in [6.45, 7) is 0. The average Bonchev–Trinajstić information content (AvgIpc) is 2.73. The molecule has 0 unspecified atom stereocenters. The Morgan fingerprint density at radius 3 is 2.41 bits per heavy atom. The van der Waals surface area contributed by atoms with Gasteiger partial charge in [0.25, 0.3) is 5.01 Å². The number of para-hydroxylation sites is 2. The van der Waals surface area contributed by atoms with Crippen molar-refractivity contribution in [1.29, 1.82) is 0 Å². The zero-order valence-electron chi connectivity index (χ0n) is 9.14. The van der Waals surface area contributed by atoms with Gasteiger partial charge in [-0.05, 0) is 12.1 Å². The van der Waals surface area contributed by atoms with E-state index in [1.807, 2.05) is 36.4 Å². The third kappa shape index (κ3) is 2.47. The van der Waals surface area contributed by atoms with E-state index in [1.165, 1.54) is 4.70 Å². The minimum Gasteiger partial charge on any atom is -0.872 e. The molecule has 0 saturated carbocycles. The van der Waals surface area contributed by atoms with E-state index in [2.05, 4.69) is 4.98 Å². The molecule has 1 heterocycles. The van der Waals surface area contributed by atoms with Crippen molar-refractivity contribution in [3.63, 3.8) is 0 Å². The van der Waals surface area contributed by atoms with Crippen molar-refractivity contribution in [3.8, 4) is 16.3 Å². The van der Waals surface area contributed by atoms with E-state index in [1.54, 1.807) is 23.5 Å². The molecule has 0 fully saturated rings. The van der Waals surface area contributed by atoms with Gasteiger partial charge < -0.3 is 5.11 Å². The number of aromatic amines is 1. The van der Waals surface area contributed by atoms with E-state index in [0.29, 0.717) is 0 Å². The number of rotatable bonds is 1. The Morgan fingerprint density at radius 1 is 0.941 bits per heavy atom. The van der Waals surface area contributed by atoms with E-state index < -0.39 is 0 Å². The maximum absolute atomic E-state index is 11.7. The molecule has 17 heavy (non-hydrogen) atoms. The van der Waals surface area contributed by atoms with Crippen LogP contribution in [0.15, 0.2) is 48.5 Å². The quantitative estimate of drug-likeness (QED) is 0.622. The minimum atomic E-state index is 0. The van der Waals surface area contributed by atoms with Gasteiger partial charge in [-0.3, -0.25) is 0 Å². The van der Waals surface area contributed by atoms with Crippen molar-refractivity contribution < 1.29 is 10.1 Å². The molecule has 3 aromatic rings. The standard InChI is InChI=1S/C13H9NOS.Ca/c15-11-7-3-1-5-9(11)13-14-10-6-2-4-8-12(10)16-13;/h1-8,15H;/q;+2. The summed E-state index contributed by atoms with van der Waals surface area (Å²) in [4.78, 5) is 3.27. The van der Waals surface area contributed by atoms with Gasteiger partial charge >= 0.3 is 37.7 Å².